The summed E-state index contributed by atoms with van der Waals surface area (Å²) in [6.07, 6.45) is 5.50. The number of nitrogens with one attached hydrogen (secondary N) is 1. The van der Waals surface area contributed by atoms with E-state index in [1.807, 2.05) is 18.7 Å². The Labute approximate surface area is 95.9 Å². The van der Waals surface area contributed by atoms with Crippen molar-refractivity contribution in [1.29, 1.82) is 0 Å². The van der Waals surface area contributed by atoms with Crippen LogP contribution in [0.2, 0.25) is 0 Å². The fourth-order valence-electron chi connectivity index (χ4n) is 1.26. The topological polar surface area (TPSA) is 42.7 Å². The molecule has 1 aromatic heterocycles. The van der Waals surface area contributed by atoms with Gasteiger partial charge in [0.1, 0.15) is 6.33 Å². The number of rotatable bonds is 7. The zero-order valence-corrected chi connectivity index (χ0v) is 10.5. The van der Waals surface area contributed by atoms with E-state index in [1.54, 1.807) is 18.1 Å². The molecule has 1 aromatic rings. The van der Waals surface area contributed by atoms with Gasteiger partial charge in [-0.3, -0.25) is 0 Å². The van der Waals surface area contributed by atoms with Crippen molar-refractivity contribution in [3.05, 3.63) is 6.33 Å². The predicted octanol–water partition coefficient (Wildman–Crippen LogP) is 1.69. The number of thioether (sulfide) groups is 1. The van der Waals surface area contributed by atoms with Crippen molar-refractivity contribution in [3.8, 4) is 0 Å². The fraction of sp³-hybridized carbons (Fsp3) is 0.800. The second kappa shape index (κ2) is 6.85. The molecule has 0 bridgehead atoms. The van der Waals surface area contributed by atoms with E-state index in [1.165, 1.54) is 19.3 Å². The Morgan fingerprint density at radius 1 is 1.53 bits per heavy atom. The van der Waals surface area contributed by atoms with Gasteiger partial charge in [0, 0.05) is 18.8 Å². The van der Waals surface area contributed by atoms with Gasteiger partial charge in [-0.05, 0) is 26.8 Å². The maximum atomic E-state index is 4.03. The van der Waals surface area contributed by atoms with Crippen LogP contribution >= 0.6 is 11.8 Å². The molecule has 0 saturated heterocycles. The zero-order chi connectivity index (χ0) is 11.1. The van der Waals surface area contributed by atoms with Crippen LogP contribution in [0.5, 0.6) is 0 Å². The number of hydrogen-bond donors (Lipinski definition) is 1. The minimum absolute atomic E-state index is 0.629. The minimum atomic E-state index is 0.629. The van der Waals surface area contributed by atoms with Gasteiger partial charge in [0.15, 0.2) is 5.16 Å². The predicted molar refractivity (Wildman–Crippen MR) is 64.1 cm³/mol. The van der Waals surface area contributed by atoms with Crippen LogP contribution in [0.4, 0.5) is 0 Å². The molecular weight excluding hydrogens is 208 g/mol. The molecular formula is C10H20N4S. The number of hydrogen-bond acceptors (Lipinski definition) is 4. The molecule has 1 atom stereocenters. The van der Waals surface area contributed by atoms with Crippen LogP contribution in [0.15, 0.2) is 11.5 Å². The lowest BCUT2D eigenvalue weighted by atomic mass is 10.1. The lowest BCUT2D eigenvalue weighted by molar-refractivity contribution is 0.538. The lowest BCUT2D eigenvalue weighted by Crippen LogP contribution is -2.20. The van der Waals surface area contributed by atoms with Crippen molar-refractivity contribution >= 4 is 11.8 Å². The number of aromatic nitrogens is 3. The molecule has 1 rings (SSSR count). The van der Waals surface area contributed by atoms with Gasteiger partial charge in [0.05, 0.1) is 0 Å². The van der Waals surface area contributed by atoms with Crippen molar-refractivity contribution in [2.45, 2.75) is 37.4 Å². The summed E-state index contributed by atoms with van der Waals surface area (Å²) in [6, 6.07) is 0.629. The molecule has 5 heteroatoms. The van der Waals surface area contributed by atoms with Gasteiger partial charge in [-0.2, -0.15) is 0 Å². The first-order chi connectivity index (χ1) is 7.24. The Morgan fingerprint density at radius 2 is 2.33 bits per heavy atom. The molecule has 1 N–H and O–H groups in total. The molecule has 0 amide bonds. The van der Waals surface area contributed by atoms with Crippen LogP contribution in [-0.2, 0) is 7.05 Å². The van der Waals surface area contributed by atoms with Crippen LogP contribution in [0.1, 0.15) is 26.2 Å². The molecule has 0 aromatic carbocycles. The second-order valence-corrected chi connectivity index (χ2v) is 4.82. The number of nitrogens with zero attached hydrogens (tertiary/aromatic N) is 3. The summed E-state index contributed by atoms with van der Waals surface area (Å²) in [5.41, 5.74) is 0. The van der Waals surface area contributed by atoms with E-state index in [9.17, 15) is 0 Å². The fourth-order valence-corrected chi connectivity index (χ4v) is 2.15. The van der Waals surface area contributed by atoms with Crippen LogP contribution in [0.3, 0.4) is 0 Å². The molecule has 0 aliphatic carbocycles. The summed E-state index contributed by atoms with van der Waals surface area (Å²) in [5, 5.41) is 12.1. The quantitative estimate of drug-likeness (QED) is 0.569. The molecule has 1 heterocycles. The van der Waals surface area contributed by atoms with E-state index in [0.29, 0.717) is 6.04 Å². The van der Waals surface area contributed by atoms with E-state index in [4.69, 9.17) is 0 Å². The lowest BCUT2D eigenvalue weighted by Gasteiger charge is -2.08. The highest BCUT2D eigenvalue weighted by molar-refractivity contribution is 7.99. The van der Waals surface area contributed by atoms with Crippen LogP contribution in [0.25, 0.3) is 0 Å². The summed E-state index contributed by atoms with van der Waals surface area (Å²) >= 11 is 1.78. The normalized spacial score (nSPS) is 13.0. The summed E-state index contributed by atoms with van der Waals surface area (Å²) < 4.78 is 1.96. The average Bonchev–Trinajstić information content (AvgIpc) is 2.63. The molecule has 0 radical (unpaired) electrons. The Kier molecular flexibility index (Phi) is 5.71. The van der Waals surface area contributed by atoms with E-state index in [0.717, 1.165) is 10.9 Å². The molecule has 0 aliphatic heterocycles. The van der Waals surface area contributed by atoms with E-state index >= 15 is 0 Å². The van der Waals surface area contributed by atoms with Gasteiger partial charge >= 0.3 is 0 Å². The Hall–Kier alpha value is -0.550. The monoisotopic (exact) mass is 228 g/mol. The highest BCUT2D eigenvalue weighted by Crippen LogP contribution is 2.15. The van der Waals surface area contributed by atoms with Crippen molar-refractivity contribution < 1.29 is 0 Å². The Bertz CT molecular complexity index is 274. The smallest absolute Gasteiger partial charge is 0.190 e. The highest BCUT2D eigenvalue weighted by Gasteiger charge is 2.01. The van der Waals surface area contributed by atoms with Gasteiger partial charge < -0.3 is 9.88 Å². The highest BCUT2D eigenvalue weighted by atomic mass is 32.2. The molecule has 1 unspecified atom stereocenters. The van der Waals surface area contributed by atoms with Gasteiger partial charge in [-0.1, -0.05) is 18.2 Å². The van der Waals surface area contributed by atoms with Gasteiger partial charge in [0.2, 0.25) is 0 Å². The molecule has 0 spiro atoms. The van der Waals surface area contributed by atoms with Crippen molar-refractivity contribution in [2.75, 3.05) is 12.8 Å². The van der Waals surface area contributed by atoms with Crippen LogP contribution in [0, 0.1) is 0 Å². The minimum Gasteiger partial charge on any atom is -0.317 e. The van der Waals surface area contributed by atoms with Crippen LogP contribution in [-0.4, -0.2) is 33.6 Å². The Balaban J connectivity index is 2.05. The summed E-state index contributed by atoms with van der Waals surface area (Å²) in [4.78, 5) is 0. The SMILES string of the molecule is CNC(C)CCCCSc1nncn1C. The third-order valence-electron chi connectivity index (χ3n) is 2.43. The van der Waals surface area contributed by atoms with Gasteiger partial charge in [-0.15, -0.1) is 10.2 Å². The largest absolute Gasteiger partial charge is 0.317 e. The first kappa shape index (κ1) is 12.5. The molecule has 0 aliphatic rings. The van der Waals surface area contributed by atoms with E-state index in [2.05, 4.69) is 22.4 Å². The van der Waals surface area contributed by atoms with Gasteiger partial charge in [-0.25, -0.2) is 0 Å². The zero-order valence-electron chi connectivity index (χ0n) is 9.73. The van der Waals surface area contributed by atoms with E-state index in [-0.39, 0.29) is 0 Å². The first-order valence-electron chi connectivity index (χ1n) is 5.38. The number of unbranched alkanes of at least 4 members (excludes halogenated alkanes) is 1. The molecule has 0 saturated carbocycles. The average molecular weight is 228 g/mol. The van der Waals surface area contributed by atoms with Gasteiger partial charge in [0.25, 0.3) is 0 Å². The summed E-state index contributed by atoms with van der Waals surface area (Å²) in [6.45, 7) is 2.22. The van der Waals surface area contributed by atoms with E-state index < -0.39 is 0 Å². The molecule has 86 valence electrons. The standard InChI is InChI=1S/C10H20N4S/c1-9(11-2)6-4-5-7-15-10-13-12-8-14(10)3/h8-9,11H,4-7H2,1-3H3. The Morgan fingerprint density at radius 3 is 2.93 bits per heavy atom. The van der Waals surface area contributed by atoms with Crippen LogP contribution < -0.4 is 5.32 Å². The summed E-state index contributed by atoms with van der Waals surface area (Å²) in [5.74, 6) is 1.13. The third-order valence-corrected chi connectivity index (χ3v) is 3.55. The molecule has 0 fully saturated rings. The van der Waals surface area contributed by atoms with Crippen molar-refractivity contribution in [1.82, 2.24) is 20.1 Å². The maximum Gasteiger partial charge on any atom is 0.190 e. The number of aryl methyl sites for hydroxylation is 1. The van der Waals surface area contributed by atoms with Crippen molar-refractivity contribution in [2.24, 2.45) is 7.05 Å². The summed E-state index contributed by atoms with van der Waals surface area (Å²) in [7, 11) is 3.99. The maximum absolute atomic E-state index is 4.03. The molecule has 4 nitrogen and oxygen atoms in total. The van der Waals surface area contributed by atoms with Crippen molar-refractivity contribution in [3.63, 3.8) is 0 Å². The third kappa shape index (κ3) is 4.66. The first-order valence-corrected chi connectivity index (χ1v) is 6.36. The molecule has 15 heavy (non-hydrogen) atoms. The second-order valence-electron chi connectivity index (χ2n) is 3.76.